The quantitative estimate of drug-likeness (QED) is 0.579. The molecular formula is C23H29FN8O2. The summed E-state index contributed by atoms with van der Waals surface area (Å²) in [5, 5.41) is 8.92. The van der Waals surface area contributed by atoms with Gasteiger partial charge in [0.15, 0.2) is 5.82 Å². The Labute approximate surface area is 197 Å². The van der Waals surface area contributed by atoms with Crippen molar-refractivity contribution in [1.29, 1.82) is 0 Å². The minimum Gasteiger partial charge on any atom is -0.365 e. The van der Waals surface area contributed by atoms with Crippen molar-refractivity contribution in [2.45, 2.75) is 44.6 Å². The molecular weight excluding hydrogens is 439 g/mol. The van der Waals surface area contributed by atoms with Gasteiger partial charge in [-0.25, -0.2) is 14.4 Å². The van der Waals surface area contributed by atoms with Gasteiger partial charge in [0.2, 0.25) is 5.95 Å². The molecule has 11 heteroatoms. The third-order valence-electron chi connectivity index (χ3n) is 6.61. The zero-order valence-corrected chi connectivity index (χ0v) is 19.0. The molecule has 0 radical (unpaired) electrons. The van der Waals surface area contributed by atoms with E-state index in [1.807, 2.05) is 4.90 Å². The molecule has 3 aliphatic rings. The summed E-state index contributed by atoms with van der Waals surface area (Å²) in [6.45, 7) is 3.47. The molecule has 2 aliphatic heterocycles. The third kappa shape index (κ3) is 4.65. The summed E-state index contributed by atoms with van der Waals surface area (Å²) in [4.78, 5) is 42.4. The molecule has 5 rings (SSSR count). The fourth-order valence-corrected chi connectivity index (χ4v) is 4.85. The van der Waals surface area contributed by atoms with Crippen molar-refractivity contribution in [2.24, 2.45) is 0 Å². The molecule has 180 valence electrons. The number of aromatic nitrogens is 3. The number of rotatable bonds is 4. The first-order valence-corrected chi connectivity index (χ1v) is 12.0. The molecule has 4 heterocycles. The molecule has 10 nitrogen and oxygen atoms in total. The van der Waals surface area contributed by atoms with Gasteiger partial charge in [-0.1, -0.05) is 12.8 Å². The molecule has 2 aromatic heterocycles. The average molecular weight is 469 g/mol. The van der Waals surface area contributed by atoms with E-state index in [2.05, 4.69) is 30.9 Å². The highest BCUT2D eigenvalue weighted by Crippen LogP contribution is 2.31. The number of piperazine rings is 1. The van der Waals surface area contributed by atoms with Crippen molar-refractivity contribution in [2.75, 3.05) is 47.8 Å². The van der Waals surface area contributed by atoms with E-state index in [0.717, 1.165) is 57.4 Å². The van der Waals surface area contributed by atoms with Crippen LogP contribution in [0, 0.1) is 5.82 Å². The summed E-state index contributed by atoms with van der Waals surface area (Å²) in [7, 11) is 0. The maximum absolute atomic E-state index is 14.8. The van der Waals surface area contributed by atoms with Gasteiger partial charge in [0, 0.05) is 56.6 Å². The van der Waals surface area contributed by atoms with E-state index >= 15 is 0 Å². The van der Waals surface area contributed by atoms with Gasteiger partial charge in [-0.3, -0.25) is 14.5 Å². The van der Waals surface area contributed by atoms with Crippen LogP contribution in [0.1, 0.15) is 37.7 Å². The van der Waals surface area contributed by atoms with Gasteiger partial charge < -0.3 is 20.9 Å². The Morgan fingerprint density at radius 3 is 2.59 bits per heavy atom. The molecule has 1 saturated heterocycles. The summed E-state index contributed by atoms with van der Waals surface area (Å²) in [5.74, 6) is -0.651. The Hall–Kier alpha value is -3.34. The van der Waals surface area contributed by atoms with Gasteiger partial charge >= 0.3 is 11.8 Å². The van der Waals surface area contributed by atoms with Crippen LogP contribution in [0.25, 0.3) is 0 Å². The molecule has 2 aromatic rings. The highest BCUT2D eigenvalue weighted by molar-refractivity contribution is 6.40. The molecule has 34 heavy (non-hydrogen) atoms. The van der Waals surface area contributed by atoms with Crippen LogP contribution in [-0.2, 0) is 16.0 Å². The summed E-state index contributed by atoms with van der Waals surface area (Å²) in [5.41, 5.74) is 1.28. The molecule has 2 amide bonds. The Kier molecular flexibility index (Phi) is 6.52. The molecule has 0 unspecified atom stereocenters. The summed E-state index contributed by atoms with van der Waals surface area (Å²) in [6, 6.07) is 1.25. The SMILES string of the molecule is O=C1NCCCc2cnc(Nc3cc(F)c(N4CCNCC4)cn3)nc2N(C2CCCC2)C1=O. The number of hydrogen-bond donors (Lipinski definition) is 3. The summed E-state index contributed by atoms with van der Waals surface area (Å²) < 4.78 is 14.8. The maximum Gasteiger partial charge on any atom is 0.317 e. The number of nitrogens with one attached hydrogen (secondary N) is 3. The van der Waals surface area contributed by atoms with Crippen molar-refractivity contribution >= 4 is 35.1 Å². The van der Waals surface area contributed by atoms with E-state index in [1.165, 1.54) is 17.2 Å². The van der Waals surface area contributed by atoms with Crippen LogP contribution in [0.2, 0.25) is 0 Å². The highest BCUT2D eigenvalue weighted by atomic mass is 19.1. The van der Waals surface area contributed by atoms with Crippen LogP contribution in [0.15, 0.2) is 18.5 Å². The van der Waals surface area contributed by atoms with Crippen LogP contribution < -0.4 is 25.8 Å². The van der Waals surface area contributed by atoms with E-state index < -0.39 is 11.8 Å². The second-order valence-corrected chi connectivity index (χ2v) is 8.90. The van der Waals surface area contributed by atoms with Gasteiger partial charge in [0.25, 0.3) is 0 Å². The second-order valence-electron chi connectivity index (χ2n) is 8.90. The van der Waals surface area contributed by atoms with Gasteiger partial charge in [-0.05, 0) is 25.7 Å². The lowest BCUT2D eigenvalue weighted by Crippen LogP contribution is -2.48. The van der Waals surface area contributed by atoms with E-state index in [9.17, 15) is 14.0 Å². The van der Waals surface area contributed by atoms with Crippen molar-refractivity contribution < 1.29 is 14.0 Å². The lowest BCUT2D eigenvalue weighted by molar-refractivity contribution is -0.137. The van der Waals surface area contributed by atoms with Crippen molar-refractivity contribution in [3.8, 4) is 0 Å². The first-order valence-electron chi connectivity index (χ1n) is 12.0. The highest BCUT2D eigenvalue weighted by Gasteiger charge is 2.35. The predicted octanol–water partition coefficient (Wildman–Crippen LogP) is 1.50. The Bertz CT molecular complexity index is 1070. The summed E-state index contributed by atoms with van der Waals surface area (Å²) in [6.07, 6.45) is 8.17. The number of halogens is 1. The number of anilines is 4. The van der Waals surface area contributed by atoms with E-state index in [0.29, 0.717) is 30.9 Å². The fraction of sp³-hybridized carbons (Fsp3) is 0.522. The molecule has 1 saturated carbocycles. The molecule has 3 N–H and O–H groups in total. The maximum atomic E-state index is 14.8. The van der Waals surface area contributed by atoms with Gasteiger partial charge in [0.05, 0.1) is 11.9 Å². The van der Waals surface area contributed by atoms with Gasteiger partial charge in [0.1, 0.15) is 11.6 Å². The number of hydrogen-bond acceptors (Lipinski definition) is 8. The van der Waals surface area contributed by atoms with Crippen molar-refractivity contribution in [3.63, 3.8) is 0 Å². The Morgan fingerprint density at radius 1 is 1.03 bits per heavy atom. The average Bonchev–Trinajstić information content (AvgIpc) is 3.38. The van der Waals surface area contributed by atoms with Crippen molar-refractivity contribution in [3.05, 3.63) is 29.8 Å². The number of pyridine rings is 1. The molecule has 0 aromatic carbocycles. The number of amides is 2. The zero-order valence-electron chi connectivity index (χ0n) is 19.0. The first-order chi connectivity index (χ1) is 16.6. The number of fused-ring (bicyclic) bond motifs is 1. The second kappa shape index (κ2) is 9.88. The smallest absolute Gasteiger partial charge is 0.317 e. The lowest BCUT2D eigenvalue weighted by atomic mass is 10.1. The molecule has 0 spiro atoms. The summed E-state index contributed by atoms with van der Waals surface area (Å²) >= 11 is 0. The Morgan fingerprint density at radius 2 is 1.82 bits per heavy atom. The van der Waals surface area contributed by atoms with Crippen molar-refractivity contribution in [1.82, 2.24) is 25.6 Å². The predicted molar refractivity (Wildman–Crippen MR) is 126 cm³/mol. The Balaban J connectivity index is 1.43. The third-order valence-corrected chi connectivity index (χ3v) is 6.61. The molecule has 2 fully saturated rings. The standard InChI is InChI=1S/C23H29FN8O2/c24-17-12-19(27-14-18(17)31-10-8-25-9-11-31)29-23-28-13-15-4-3-7-26-21(33)22(34)32(20(15)30-23)16-5-1-2-6-16/h12-14,16,25H,1-11H2,(H,26,33)(H,27,28,29,30). The van der Waals surface area contributed by atoms with Crippen LogP contribution in [0.3, 0.4) is 0 Å². The van der Waals surface area contributed by atoms with E-state index in [1.54, 1.807) is 6.20 Å². The minimum absolute atomic E-state index is 0.0771. The largest absolute Gasteiger partial charge is 0.365 e. The van der Waals surface area contributed by atoms with Crippen LogP contribution in [-0.4, -0.2) is 65.5 Å². The van der Waals surface area contributed by atoms with Crippen LogP contribution in [0.4, 0.5) is 27.7 Å². The number of carbonyl (C=O) groups is 2. The normalized spacial score (nSPS) is 19.8. The molecule has 0 bridgehead atoms. The molecule has 0 atom stereocenters. The van der Waals surface area contributed by atoms with Gasteiger partial charge in [-0.2, -0.15) is 4.98 Å². The first kappa shape index (κ1) is 22.5. The lowest BCUT2D eigenvalue weighted by Gasteiger charge is -2.29. The minimum atomic E-state index is -0.611. The van der Waals surface area contributed by atoms with Crippen LogP contribution >= 0.6 is 0 Å². The topological polar surface area (TPSA) is 115 Å². The zero-order chi connectivity index (χ0) is 23.5. The van der Waals surface area contributed by atoms with Gasteiger partial charge in [-0.15, -0.1) is 0 Å². The number of aryl methyl sites for hydroxylation is 1. The number of nitrogens with zero attached hydrogens (tertiary/aromatic N) is 5. The number of carbonyl (C=O) groups excluding carboxylic acids is 2. The van der Waals surface area contributed by atoms with E-state index in [-0.39, 0.29) is 23.6 Å². The fourth-order valence-electron chi connectivity index (χ4n) is 4.85. The molecule has 1 aliphatic carbocycles. The van der Waals surface area contributed by atoms with E-state index in [4.69, 9.17) is 0 Å². The monoisotopic (exact) mass is 468 g/mol. The van der Waals surface area contributed by atoms with Crippen LogP contribution in [0.5, 0.6) is 0 Å².